The molecular weight excluding hydrogens is 294 g/mol. The number of ether oxygens (including phenoxy) is 1. The molecule has 0 spiro atoms. The highest BCUT2D eigenvalue weighted by molar-refractivity contribution is 7.85. The molecule has 0 amide bonds. The average Bonchev–Trinajstić information content (AvgIpc) is 2.46. The van der Waals surface area contributed by atoms with Gasteiger partial charge in [0.15, 0.2) is 0 Å². The number of pyridine rings is 1. The van der Waals surface area contributed by atoms with E-state index in [1.807, 2.05) is 43.3 Å². The van der Waals surface area contributed by atoms with Crippen LogP contribution < -0.4 is 14.2 Å². The Hall–Kier alpha value is -1.22. The summed E-state index contributed by atoms with van der Waals surface area (Å²) in [5, 5.41) is 2.18. The number of aromatic nitrogens is 1. The normalized spacial score (nSPS) is 17.0. The molecule has 0 atom stereocenters. The van der Waals surface area contributed by atoms with Crippen LogP contribution in [0.2, 0.25) is 0 Å². The van der Waals surface area contributed by atoms with Gasteiger partial charge in [0.2, 0.25) is 12.4 Å². The third-order valence-electron chi connectivity index (χ3n) is 3.71. The zero-order valence-corrected chi connectivity index (χ0v) is 13.3. The fourth-order valence-corrected chi connectivity index (χ4v) is 2.94. The molecule has 0 aromatic carbocycles. The molecule has 0 aliphatic carbocycles. The van der Waals surface area contributed by atoms with Crippen LogP contribution in [0.5, 0.6) is 0 Å². The van der Waals surface area contributed by atoms with Gasteiger partial charge in [0, 0.05) is 0 Å². The zero-order chi connectivity index (χ0) is 15.5. The van der Waals surface area contributed by atoms with Crippen LogP contribution in [-0.2, 0) is 14.9 Å². The lowest BCUT2D eigenvalue weighted by atomic mass is 10.3. The third-order valence-corrected chi connectivity index (χ3v) is 4.39. The van der Waals surface area contributed by atoms with E-state index < -0.39 is 10.1 Å². The van der Waals surface area contributed by atoms with E-state index >= 15 is 0 Å². The summed E-state index contributed by atoms with van der Waals surface area (Å²) in [4.78, 5) is 0. The van der Waals surface area contributed by atoms with Gasteiger partial charge in [-0.05, 0) is 0 Å². The van der Waals surface area contributed by atoms with Crippen LogP contribution in [-0.4, -0.2) is 65.7 Å². The summed E-state index contributed by atoms with van der Waals surface area (Å²) in [6.07, 6.45) is 3.90. The van der Waals surface area contributed by atoms with E-state index in [1.165, 1.54) is 0 Å². The second-order valence-corrected chi connectivity index (χ2v) is 7.20. The monoisotopic (exact) mass is 316 g/mol. The summed E-state index contributed by atoms with van der Waals surface area (Å²) in [6, 6.07) is 3.90. The molecule has 0 saturated carbocycles. The molecule has 0 N–H and O–H groups in total. The van der Waals surface area contributed by atoms with Gasteiger partial charge in [-0.3, -0.25) is 4.48 Å². The minimum atomic E-state index is -4.18. The molecule has 0 radical (unpaired) electrons. The van der Waals surface area contributed by atoms with Crippen LogP contribution in [0.15, 0.2) is 24.5 Å². The molecule has 1 fully saturated rings. The zero-order valence-electron chi connectivity index (χ0n) is 12.4. The second kappa shape index (κ2) is 6.27. The van der Waals surface area contributed by atoms with Gasteiger partial charge in [0.25, 0.3) is 0 Å². The molecule has 0 unspecified atom stereocenters. The summed E-state index contributed by atoms with van der Waals surface area (Å²) in [5.74, 6) is -0.363. The van der Waals surface area contributed by atoms with Gasteiger partial charge < -0.3 is 9.29 Å². The van der Waals surface area contributed by atoms with E-state index in [0.29, 0.717) is 4.48 Å². The highest BCUT2D eigenvalue weighted by atomic mass is 32.2. The fraction of sp³-hybridized carbons (Fsp3) is 0.615. The number of morpholine rings is 1. The Balaban J connectivity index is 2.06. The molecule has 21 heavy (non-hydrogen) atoms. The van der Waals surface area contributed by atoms with Crippen molar-refractivity contribution in [2.75, 3.05) is 57.7 Å². The Morgan fingerprint density at radius 1 is 1.29 bits per heavy atom. The van der Waals surface area contributed by atoms with E-state index in [4.69, 9.17) is 4.74 Å². The molecule has 118 valence electrons. The quantitative estimate of drug-likeness (QED) is 0.398. The maximum absolute atomic E-state index is 10.8. The third kappa shape index (κ3) is 4.63. The molecule has 1 saturated heterocycles. The minimum absolute atomic E-state index is 0.257. The molecular formula is C13H22N3O4S+. The van der Waals surface area contributed by atoms with Gasteiger partial charge in [-0.1, -0.05) is 4.68 Å². The lowest BCUT2D eigenvalue weighted by molar-refractivity contribution is -0.695. The molecule has 1 aromatic rings. The molecule has 2 heterocycles. The van der Waals surface area contributed by atoms with E-state index in [-0.39, 0.29) is 12.3 Å². The lowest BCUT2D eigenvalue weighted by Gasteiger charge is -2.29. The van der Waals surface area contributed by atoms with Crippen molar-refractivity contribution < 1.29 is 22.4 Å². The summed E-state index contributed by atoms with van der Waals surface area (Å²) >= 11 is 0. The van der Waals surface area contributed by atoms with Crippen LogP contribution >= 0.6 is 0 Å². The Morgan fingerprint density at radius 2 is 1.86 bits per heavy atom. The average molecular weight is 316 g/mol. The lowest BCUT2D eigenvalue weighted by Crippen LogP contribution is -2.61. The first-order valence-electron chi connectivity index (χ1n) is 6.89. The van der Waals surface area contributed by atoms with Crippen molar-refractivity contribution in [1.29, 1.82) is 0 Å². The van der Waals surface area contributed by atoms with Gasteiger partial charge in [-0.2, -0.15) is 5.01 Å². The summed E-state index contributed by atoms with van der Waals surface area (Å²) in [5.41, 5.74) is 0.961. The first-order chi connectivity index (χ1) is 9.78. The second-order valence-electron chi connectivity index (χ2n) is 5.67. The maximum atomic E-state index is 10.8. The van der Waals surface area contributed by atoms with Crippen molar-refractivity contribution in [1.82, 2.24) is 4.48 Å². The summed E-state index contributed by atoms with van der Waals surface area (Å²) < 4.78 is 40.0. The van der Waals surface area contributed by atoms with Crippen molar-refractivity contribution in [3.05, 3.63) is 24.5 Å². The molecule has 7 nitrogen and oxygen atoms in total. The topological polar surface area (TPSA) is 73.6 Å². The molecule has 8 heteroatoms. The highest BCUT2D eigenvalue weighted by Crippen LogP contribution is 2.16. The van der Waals surface area contributed by atoms with Crippen molar-refractivity contribution in [2.24, 2.45) is 0 Å². The number of quaternary nitrogens is 1. The van der Waals surface area contributed by atoms with Gasteiger partial charge in [-0.25, -0.2) is 8.42 Å². The Bertz CT molecular complexity index is 566. The van der Waals surface area contributed by atoms with Crippen molar-refractivity contribution >= 4 is 15.8 Å². The predicted octanol–water partition coefficient (Wildman–Crippen LogP) is -0.946. The van der Waals surface area contributed by atoms with Crippen LogP contribution in [0.25, 0.3) is 0 Å². The molecule has 1 aliphatic rings. The predicted molar refractivity (Wildman–Crippen MR) is 78.5 cm³/mol. The minimum Gasteiger partial charge on any atom is -0.748 e. The van der Waals surface area contributed by atoms with Crippen LogP contribution in [0.1, 0.15) is 0 Å². The summed E-state index contributed by atoms with van der Waals surface area (Å²) in [7, 11) is -0.407. The van der Waals surface area contributed by atoms with Crippen LogP contribution in [0.4, 0.5) is 5.69 Å². The largest absolute Gasteiger partial charge is 0.748 e. The van der Waals surface area contributed by atoms with Gasteiger partial charge in [0.05, 0.1) is 64.8 Å². The highest BCUT2D eigenvalue weighted by Gasteiger charge is 2.23. The van der Waals surface area contributed by atoms with Crippen molar-refractivity contribution in [3.63, 3.8) is 0 Å². The molecule has 1 aliphatic heterocycles. The van der Waals surface area contributed by atoms with Crippen molar-refractivity contribution in [3.8, 4) is 0 Å². The van der Waals surface area contributed by atoms with Crippen LogP contribution in [0.3, 0.4) is 0 Å². The standard InChI is InChI=1S/C13H22N3O4S/c1-16(2,9-12-21(17,18)19)13-3-5-14(6-4-13)15-7-10-20-11-8-15/h3-6H,7-12H2,1-2H3/q+1. The maximum Gasteiger partial charge on any atom is 0.205 e. The van der Waals surface area contributed by atoms with Crippen molar-refractivity contribution in [2.45, 2.75) is 0 Å². The first kappa shape index (κ1) is 16.2. The number of rotatable bonds is 5. The Morgan fingerprint density at radius 3 is 2.38 bits per heavy atom. The fourth-order valence-electron chi connectivity index (χ4n) is 2.26. The van der Waals surface area contributed by atoms with E-state index in [0.717, 1.165) is 32.0 Å². The van der Waals surface area contributed by atoms with Crippen LogP contribution in [0, 0.1) is 0 Å². The smallest absolute Gasteiger partial charge is 0.205 e. The van der Waals surface area contributed by atoms with E-state index in [9.17, 15) is 13.0 Å². The van der Waals surface area contributed by atoms with E-state index in [1.54, 1.807) is 0 Å². The molecule has 1 aromatic heterocycles. The summed E-state index contributed by atoms with van der Waals surface area (Å²) in [6.45, 7) is 3.39. The molecule has 0 bridgehead atoms. The number of hydrogen-bond donors (Lipinski definition) is 0. The first-order valence-corrected chi connectivity index (χ1v) is 8.47. The Labute approximate surface area is 125 Å². The number of nitrogens with zero attached hydrogens (tertiary/aromatic N) is 3. The molecule has 2 rings (SSSR count). The Kier molecular flexibility index (Phi) is 4.82. The SMILES string of the molecule is C[N+](C)(CCS(=O)(=O)[O-])c1cc[n+](N2CCOCC2)cc1. The van der Waals surface area contributed by atoms with E-state index in [2.05, 4.69) is 5.01 Å². The van der Waals surface area contributed by atoms with Gasteiger partial charge in [-0.15, -0.1) is 0 Å². The van der Waals surface area contributed by atoms with Gasteiger partial charge in [0.1, 0.15) is 15.8 Å². The number of hydrogen-bond acceptors (Lipinski definition) is 5. The van der Waals surface area contributed by atoms with Gasteiger partial charge >= 0.3 is 0 Å².